The summed E-state index contributed by atoms with van der Waals surface area (Å²) in [5, 5.41) is 18.8. The Kier molecular flexibility index (Phi) is 1.99. The lowest BCUT2D eigenvalue weighted by Gasteiger charge is -2.38. The largest absolute Gasteiger partial charge is 0.390 e. The highest BCUT2D eigenvalue weighted by Crippen LogP contribution is 2.19. The van der Waals surface area contributed by atoms with Crippen LogP contribution in [0, 0.1) is 0 Å². The van der Waals surface area contributed by atoms with Gasteiger partial charge in [0, 0.05) is 13.1 Å². The first-order valence-electron chi connectivity index (χ1n) is 3.61. The van der Waals surface area contributed by atoms with Crippen molar-refractivity contribution in [3.8, 4) is 0 Å². The third-order valence-electron chi connectivity index (χ3n) is 2.09. The second kappa shape index (κ2) is 2.49. The molecule has 1 aliphatic heterocycles. The normalized spacial score (nSPS) is 43.8. The van der Waals surface area contributed by atoms with E-state index >= 15 is 0 Å². The first-order chi connectivity index (χ1) is 4.52. The third-order valence-corrected chi connectivity index (χ3v) is 2.09. The summed E-state index contributed by atoms with van der Waals surface area (Å²) in [4.78, 5) is 2.02. The molecule has 2 unspecified atom stereocenters. The van der Waals surface area contributed by atoms with Crippen molar-refractivity contribution in [1.29, 1.82) is 0 Å². The van der Waals surface area contributed by atoms with Gasteiger partial charge in [0.05, 0.1) is 6.10 Å². The van der Waals surface area contributed by atoms with Crippen molar-refractivity contribution in [1.82, 2.24) is 4.90 Å². The van der Waals surface area contributed by atoms with Gasteiger partial charge in [-0.2, -0.15) is 0 Å². The second-order valence-corrected chi connectivity index (χ2v) is 3.40. The highest BCUT2D eigenvalue weighted by Gasteiger charge is 2.35. The zero-order valence-electron chi connectivity index (χ0n) is 6.54. The molecule has 0 aliphatic carbocycles. The number of likely N-dealkylation sites (N-methyl/N-ethyl adjacent to an activating group) is 1. The van der Waals surface area contributed by atoms with E-state index in [-0.39, 0.29) is 0 Å². The Morgan fingerprint density at radius 2 is 2.20 bits per heavy atom. The van der Waals surface area contributed by atoms with E-state index in [1.165, 1.54) is 0 Å². The smallest absolute Gasteiger partial charge is 0.100 e. The number of hydrogen-bond donors (Lipinski definition) is 2. The molecular formula is C7H15NO2. The number of rotatable bonds is 0. The highest BCUT2D eigenvalue weighted by molar-refractivity contribution is 4.88. The Hall–Kier alpha value is -0.120. The van der Waals surface area contributed by atoms with Crippen LogP contribution in [0.5, 0.6) is 0 Å². The zero-order valence-corrected chi connectivity index (χ0v) is 6.54. The summed E-state index contributed by atoms with van der Waals surface area (Å²) in [7, 11) is 1.94. The lowest BCUT2D eigenvalue weighted by molar-refractivity contribution is -0.104. The minimum absolute atomic E-state index is 0.552. The van der Waals surface area contributed by atoms with Crippen molar-refractivity contribution >= 4 is 0 Å². The number of hydrogen-bond acceptors (Lipinski definition) is 3. The summed E-state index contributed by atoms with van der Waals surface area (Å²) in [5.41, 5.74) is -0.910. The molecule has 60 valence electrons. The van der Waals surface area contributed by atoms with Gasteiger partial charge in [-0.25, -0.2) is 0 Å². The van der Waals surface area contributed by atoms with E-state index in [4.69, 9.17) is 0 Å². The van der Waals surface area contributed by atoms with Gasteiger partial charge in [-0.1, -0.05) is 0 Å². The fraction of sp³-hybridized carbons (Fsp3) is 1.00. The minimum Gasteiger partial charge on any atom is -0.390 e. The summed E-state index contributed by atoms with van der Waals surface area (Å²) in [5.74, 6) is 0. The molecule has 0 radical (unpaired) electrons. The molecule has 1 saturated heterocycles. The van der Waals surface area contributed by atoms with Gasteiger partial charge in [-0.3, -0.25) is 0 Å². The van der Waals surface area contributed by atoms with Crippen LogP contribution in [0.3, 0.4) is 0 Å². The first kappa shape index (κ1) is 7.98. The summed E-state index contributed by atoms with van der Waals surface area (Å²) < 4.78 is 0. The Morgan fingerprint density at radius 3 is 2.60 bits per heavy atom. The maximum Gasteiger partial charge on any atom is 0.100 e. The molecule has 0 spiro atoms. The third kappa shape index (κ3) is 1.48. The molecule has 0 bridgehead atoms. The molecule has 3 nitrogen and oxygen atoms in total. The van der Waals surface area contributed by atoms with E-state index in [1.807, 2.05) is 11.9 Å². The standard InChI is InChI=1S/C7H15NO2/c1-7(10)5-8(2)4-3-6(7)9/h6,9-10H,3-5H2,1-2H3. The van der Waals surface area contributed by atoms with Crippen molar-refractivity contribution in [2.24, 2.45) is 0 Å². The van der Waals surface area contributed by atoms with Crippen molar-refractivity contribution in [2.75, 3.05) is 20.1 Å². The molecule has 1 fully saturated rings. The number of piperidine rings is 1. The lowest BCUT2D eigenvalue weighted by Crippen LogP contribution is -2.53. The van der Waals surface area contributed by atoms with E-state index in [9.17, 15) is 10.2 Å². The van der Waals surface area contributed by atoms with Gasteiger partial charge in [-0.15, -0.1) is 0 Å². The van der Waals surface area contributed by atoms with Gasteiger partial charge in [0.15, 0.2) is 0 Å². The first-order valence-corrected chi connectivity index (χ1v) is 3.61. The van der Waals surface area contributed by atoms with E-state index in [0.29, 0.717) is 13.0 Å². The van der Waals surface area contributed by atoms with E-state index in [1.54, 1.807) is 6.92 Å². The van der Waals surface area contributed by atoms with Gasteiger partial charge in [0.1, 0.15) is 5.60 Å². The fourth-order valence-electron chi connectivity index (χ4n) is 1.38. The molecule has 0 amide bonds. The van der Waals surface area contributed by atoms with Gasteiger partial charge in [-0.05, 0) is 20.4 Å². The average molecular weight is 145 g/mol. The number of aliphatic hydroxyl groups excluding tert-OH is 1. The average Bonchev–Trinajstić information content (AvgIpc) is 1.78. The fourth-order valence-corrected chi connectivity index (χ4v) is 1.38. The van der Waals surface area contributed by atoms with Crippen molar-refractivity contribution in [3.05, 3.63) is 0 Å². The topological polar surface area (TPSA) is 43.7 Å². The number of nitrogens with zero attached hydrogens (tertiary/aromatic N) is 1. The SMILES string of the molecule is CN1CCC(O)C(C)(O)C1. The summed E-state index contributed by atoms with van der Waals surface area (Å²) in [6.45, 7) is 3.11. The van der Waals surface area contributed by atoms with Crippen LogP contribution in [0.15, 0.2) is 0 Å². The van der Waals surface area contributed by atoms with Crippen LogP contribution in [0.4, 0.5) is 0 Å². The molecule has 3 heteroatoms. The molecule has 0 aromatic carbocycles. The predicted molar refractivity (Wildman–Crippen MR) is 38.7 cm³/mol. The molecular weight excluding hydrogens is 130 g/mol. The van der Waals surface area contributed by atoms with Gasteiger partial charge < -0.3 is 15.1 Å². The maximum absolute atomic E-state index is 9.52. The molecule has 0 aromatic rings. The minimum atomic E-state index is -0.910. The molecule has 10 heavy (non-hydrogen) atoms. The lowest BCUT2D eigenvalue weighted by atomic mass is 9.92. The summed E-state index contributed by atoms with van der Waals surface area (Å²) >= 11 is 0. The number of aliphatic hydroxyl groups is 2. The van der Waals surface area contributed by atoms with Gasteiger partial charge in [0.25, 0.3) is 0 Å². The molecule has 2 N–H and O–H groups in total. The van der Waals surface area contributed by atoms with Crippen LogP contribution >= 0.6 is 0 Å². The summed E-state index contributed by atoms with van der Waals surface area (Å²) in [6.07, 6.45) is 0.118. The number of likely N-dealkylation sites (tertiary alicyclic amines) is 1. The Morgan fingerprint density at radius 1 is 1.60 bits per heavy atom. The van der Waals surface area contributed by atoms with Crippen LogP contribution in [-0.4, -0.2) is 47.0 Å². The van der Waals surface area contributed by atoms with Crippen LogP contribution in [0.1, 0.15) is 13.3 Å². The quantitative estimate of drug-likeness (QED) is 0.480. The molecule has 1 aliphatic rings. The maximum atomic E-state index is 9.52. The van der Waals surface area contributed by atoms with Crippen LogP contribution in [0.25, 0.3) is 0 Å². The van der Waals surface area contributed by atoms with E-state index < -0.39 is 11.7 Å². The van der Waals surface area contributed by atoms with Crippen molar-refractivity contribution in [3.63, 3.8) is 0 Å². The van der Waals surface area contributed by atoms with Crippen LogP contribution < -0.4 is 0 Å². The van der Waals surface area contributed by atoms with Crippen LogP contribution in [-0.2, 0) is 0 Å². The predicted octanol–water partition coefficient (Wildman–Crippen LogP) is -0.566. The van der Waals surface area contributed by atoms with Gasteiger partial charge >= 0.3 is 0 Å². The zero-order chi connectivity index (χ0) is 7.78. The van der Waals surface area contributed by atoms with Crippen molar-refractivity contribution in [2.45, 2.75) is 25.0 Å². The van der Waals surface area contributed by atoms with E-state index in [0.717, 1.165) is 6.54 Å². The molecule has 1 rings (SSSR count). The monoisotopic (exact) mass is 145 g/mol. The molecule has 1 heterocycles. The van der Waals surface area contributed by atoms with Crippen molar-refractivity contribution < 1.29 is 10.2 Å². The summed E-state index contributed by atoms with van der Waals surface area (Å²) in [6, 6.07) is 0. The Labute approximate surface area is 61.3 Å². The Bertz CT molecular complexity index is 125. The Balaban J connectivity index is 2.55. The van der Waals surface area contributed by atoms with Gasteiger partial charge in [0.2, 0.25) is 0 Å². The van der Waals surface area contributed by atoms with E-state index in [2.05, 4.69) is 0 Å². The molecule has 0 aromatic heterocycles. The second-order valence-electron chi connectivity index (χ2n) is 3.40. The molecule has 2 atom stereocenters. The number of β-amino-alcohol motifs (C(OH)–C–C–N with tert-alkyl or cyclic N) is 1. The van der Waals surface area contributed by atoms with Crippen LogP contribution in [0.2, 0.25) is 0 Å². The highest BCUT2D eigenvalue weighted by atomic mass is 16.3. The molecule has 0 saturated carbocycles.